The van der Waals surface area contributed by atoms with Crippen LogP contribution in [0.15, 0.2) is 42.9 Å². The van der Waals surface area contributed by atoms with E-state index in [1.165, 1.54) is 19.3 Å². The Morgan fingerprint density at radius 2 is 1.86 bits per heavy atom. The Morgan fingerprint density at radius 1 is 0.973 bits per heavy atom. The molecule has 1 aliphatic heterocycles. The molecule has 0 aromatic carbocycles. The number of imidazole rings is 1. The van der Waals surface area contributed by atoms with E-state index in [0.717, 1.165) is 66.0 Å². The maximum Gasteiger partial charge on any atom is 0.227 e. The molecule has 186 valence electrons. The van der Waals surface area contributed by atoms with E-state index in [1.54, 1.807) is 12.4 Å². The van der Waals surface area contributed by atoms with Gasteiger partial charge >= 0.3 is 0 Å². The van der Waals surface area contributed by atoms with Crippen LogP contribution in [0.4, 0.5) is 11.5 Å². The van der Waals surface area contributed by atoms with E-state index >= 15 is 0 Å². The van der Waals surface area contributed by atoms with Crippen LogP contribution in [0.3, 0.4) is 0 Å². The van der Waals surface area contributed by atoms with Gasteiger partial charge < -0.3 is 15.2 Å². The summed E-state index contributed by atoms with van der Waals surface area (Å²) < 4.78 is 0. The third-order valence-electron chi connectivity index (χ3n) is 7.45. The fourth-order valence-electron chi connectivity index (χ4n) is 5.16. The summed E-state index contributed by atoms with van der Waals surface area (Å²) in [6, 6.07) is 7.74. The molecule has 5 aromatic heterocycles. The molecular formula is C27H27N9O. The number of nitrogens with zero attached hydrogens (tertiary/aromatic N) is 6. The second-order valence-corrected chi connectivity index (χ2v) is 9.91. The Balaban J connectivity index is 1.23. The smallest absolute Gasteiger partial charge is 0.227 e. The van der Waals surface area contributed by atoms with Crippen molar-refractivity contribution in [2.24, 2.45) is 5.92 Å². The average molecular weight is 494 g/mol. The van der Waals surface area contributed by atoms with Gasteiger partial charge in [-0.15, -0.1) is 0 Å². The number of piperidine rings is 1. The summed E-state index contributed by atoms with van der Waals surface area (Å²) in [7, 11) is 0. The lowest BCUT2D eigenvalue weighted by atomic mass is 9.85. The van der Waals surface area contributed by atoms with Crippen LogP contribution in [0.2, 0.25) is 0 Å². The number of H-pyrrole nitrogens is 2. The molecule has 0 atom stereocenters. The highest BCUT2D eigenvalue weighted by Gasteiger charge is 2.25. The van der Waals surface area contributed by atoms with Crippen molar-refractivity contribution >= 4 is 39.5 Å². The van der Waals surface area contributed by atoms with Crippen LogP contribution < -0.4 is 10.2 Å². The second-order valence-electron chi connectivity index (χ2n) is 9.91. The van der Waals surface area contributed by atoms with Gasteiger partial charge in [0.2, 0.25) is 5.91 Å². The largest absolute Gasteiger partial charge is 0.355 e. The first-order valence-corrected chi connectivity index (χ1v) is 12.9. The fourth-order valence-corrected chi connectivity index (χ4v) is 5.16. The molecule has 6 heterocycles. The third kappa shape index (κ3) is 3.98. The SMILES string of the molecule is O=C(Nc1cncc(-c2ccc3[nH]nc(-c4nc5c(N6CCCCC6)nccc5[nH]4)c3n2)c1)C1CCC1. The normalized spacial score (nSPS) is 16.3. The fraction of sp³-hybridized carbons (Fsp3) is 0.333. The summed E-state index contributed by atoms with van der Waals surface area (Å²) in [5.41, 5.74) is 6.21. The van der Waals surface area contributed by atoms with Gasteiger partial charge in [0.1, 0.15) is 11.0 Å². The minimum absolute atomic E-state index is 0.0639. The van der Waals surface area contributed by atoms with Gasteiger partial charge in [-0.2, -0.15) is 5.10 Å². The van der Waals surface area contributed by atoms with Gasteiger partial charge in [-0.3, -0.25) is 14.9 Å². The van der Waals surface area contributed by atoms with Gasteiger partial charge in [0.15, 0.2) is 17.3 Å². The lowest BCUT2D eigenvalue weighted by molar-refractivity contribution is -0.122. The number of aromatic nitrogens is 7. The maximum absolute atomic E-state index is 12.4. The molecule has 2 aliphatic rings. The van der Waals surface area contributed by atoms with Crippen molar-refractivity contribution in [3.63, 3.8) is 0 Å². The van der Waals surface area contributed by atoms with Crippen LogP contribution in [0, 0.1) is 5.92 Å². The summed E-state index contributed by atoms with van der Waals surface area (Å²) in [5.74, 6) is 1.74. The first-order chi connectivity index (χ1) is 18.2. The van der Waals surface area contributed by atoms with Crippen LogP contribution in [0.25, 0.3) is 44.8 Å². The van der Waals surface area contributed by atoms with Crippen molar-refractivity contribution in [2.75, 3.05) is 23.3 Å². The number of rotatable bonds is 5. The summed E-state index contributed by atoms with van der Waals surface area (Å²) in [4.78, 5) is 37.0. The molecule has 3 N–H and O–H groups in total. The molecule has 1 amide bonds. The third-order valence-corrected chi connectivity index (χ3v) is 7.45. The standard InChI is InChI=1S/C27H27N9O/c37-27(16-5-4-6-16)30-18-13-17(14-28-15-18)19-7-8-21-22(31-19)24(35-34-21)25-32-20-9-10-29-26(23(20)33-25)36-11-2-1-3-12-36/h7-10,13-16H,1-6,11-12H2,(H,30,37)(H,32,33)(H,34,35). The lowest BCUT2D eigenvalue weighted by Gasteiger charge is -2.27. The van der Waals surface area contributed by atoms with Crippen LogP contribution >= 0.6 is 0 Å². The number of hydrogen-bond donors (Lipinski definition) is 3. The van der Waals surface area contributed by atoms with Gasteiger partial charge in [0.05, 0.1) is 28.6 Å². The van der Waals surface area contributed by atoms with Gasteiger partial charge in [-0.25, -0.2) is 15.0 Å². The topological polar surface area (TPSA) is 128 Å². The number of pyridine rings is 3. The maximum atomic E-state index is 12.4. The predicted molar refractivity (Wildman–Crippen MR) is 142 cm³/mol. The highest BCUT2D eigenvalue weighted by molar-refractivity contribution is 5.95. The quantitative estimate of drug-likeness (QED) is 0.324. The zero-order valence-electron chi connectivity index (χ0n) is 20.4. The summed E-state index contributed by atoms with van der Waals surface area (Å²) in [6.07, 6.45) is 11.9. The molecule has 5 aromatic rings. The Morgan fingerprint density at radius 3 is 2.70 bits per heavy atom. The molecular weight excluding hydrogens is 466 g/mol. The van der Waals surface area contributed by atoms with Gasteiger partial charge in [0, 0.05) is 37.0 Å². The van der Waals surface area contributed by atoms with Gasteiger partial charge in [0.25, 0.3) is 0 Å². The van der Waals surface area contributed by atoms with E-state index in [-0.39, 0.29) is 11.8 Å². The molecule has 10 nitrogen and oxygen atoms in total. The number of amides is 1. The molecule has 37 heavy (non-hydrogen) atoms. The van der Waals surface area contributed by atoms with E-state index in [2.05, 4.69) is 35.4 Å². The minimum atomic E-state index is 0.0639. The van der Waals surface area contributed by atoms with E-state index in [1.807, 2.05) is 30.5 Å². The first kappa shape index (κ1) is 21.9. The summed E-state index contributed by atoms with van der Waals surface area (Å²) >= 11 is 0. The van der Waals surface area contributed by atoms with Crippen LogP contribution in [-0.4, -0.2) is 54.1 Å². The van der Waals surface area contributed by atoms with Gasteiger partial charge in [-0.1, -0.05) is 6.42 Å². The van der Waals surface area contributed by atoms with Crippen LogP contribution in [-0.2, 0) is 4.79 Å². The molecule has 0 radical (unpaired) electrons. The molecule has 10 heteroatoms. The Labute approximate surface area is 213 Å². The predicted octanol–water partition coefficient (Wildman–Crippen LogP) is 4.69. The molecule has 2 fully saturated rings. The van der Waals surface area contributed by atoms with E-state index < -0.39 is 0 Å². The number of nitrogens with one attached hydrogen (secondary N) is 3. The second kappa shape index (κ2) is 8.95. The monoisotopic (exact) mass is 493 g/mol. The number of fused-ring (bicyclic) bond motifs is 2. The molecule has 0 spiro atoms. The summed E-state index contributed by atoms with van der Waals surface area (Å²) in [6.45, 7) is 2.00. The highest BCUT2D eigenvalue weighted by Crippen LogP contribution is 2.32. The lowest BCUT2D eigenvalue weighted by Crippen LogP contribution is -2.30. The summed E-state index contributed by atoms with van der Waals surface area (Å²) in [5, 5.41) is 10.6. The van der Waals surface area contributed by atoms with Gasteiger partial charge in [-0.05, 0) is 56.4 Å². The van der Waals surface area contributed by atoms with E-state index in [4.69, 9.17) is 9.97 Å². The molecule has 0 unspecified atom stereocenters. The van der Waals surface area contributed by atoms with Crippen molar-refractivity contribution in [1.82, 2.24) is 35.1 Å². The highest BCUT2D eigenvalue weighted by atomic mass is 16.1. The molecule has 7 rings (SSSR count). The Hall–Kier alpha value is -4.34. The number of carbonyl (C=O) groups is 1. The Kier molecular flexibility index (Phi) is 5.30. The zero-order chi connectivity index (χ0) is 24.8. The molecule has 1 saturated heterocycles. The van der Waals surface area contributed by atoms with Crippen molar-refractivity contribution < 1.29 is 4.79 Å². The minimum Gasteiger partial charge on any atom is -0.355 e. The Bertz CT molecular complexity index is 1610. The molecule has 0 bridgehead atoms. The number of aromatic amines is 2. The number of carbonyl (C=O) groups excluding carboxylic acids is 1. The number of hydrogen-bond acceptors (Lipinski definition) is 7. The van der Waals surface area contributed by atoms with Crippen molar-refractivity contribution in [2.45, 2.75) is 38.5 Å². The van der Waals surface area contributed by atoms with E-state index in [9.17, 15) is 4.79 Å². The molecule has 1 saturated carbocycles. The zero-order valence-corrected chi connectivity index (χ0v) is 20.4. The van der Waals surface area contributed by atoms with Crippen molar-refractivity contribution in [3.8, 4) is 22.8 Å². The van der Waals surface area contributed by atoms with Crippen LogP contribution in [0.1, 0.15) is 38.5 Å². The van der Waals surface area contributed by atoms with E-state index in [0.29, 0.717) is 22.7 Å². The van der Waals surface area contributed by atoms with Crippen LogP contribution in [0.5, 0.6) is 0 Å². The first-order valence-electron chi connectivity index (χ1n) is 12.9. The average Bonchev–Trinajstić information content (AvgIpc) is 3.52. The number of anilines is 2. The van der Waals surface area contributed by atoms with Crippen molar-refractivity contribution in [3.05, 3.63) is 42.9 Å². The molecule has 1 aliphatic carbocycles. The van der Waals surface area contributed by atoms with Crippen molar-refractivity contribution in [1.29, 1.82) is 0 Å².